The highest BCUT2D eigenvalue weighted by Crippen LogP contribution is 2.21. The minimum Gasteiger partial charge on any atom is -0.349 e. The molecule has 0 aliphatic rings. The molecule has 2 aromatic heterocycles. The summed E-state index contributed by atoms with van der Waals surface area (Å²) in [5.74, 6) is -0.0270. The Morgan fingerprint density at radius 1 is 0.962 bits per heavy atom. The molecule has 6 heteroatoms. The molecule has 0 aliphatic heterocycles. The summed E-state index contributed by atoms with van der Waals surface area (Å²) < 4.78 is 1.14. The standard InChI is InChI=1S/C20H17N3OS2/c24-18(21-12-20-23-16-8-4-5-9-17(16)26-20)11-15-13-25-19(22-15)10-14-6-2-1-3-7-14/h1-9,13H,10-12H2,(H,21,24). The van der Waals surface area contributed by atoms with Crippen LogP contribution in [-0.2, 0) is 24.2 Å². The van der Waals surface area contributed by atoms with E-state index < -0.39 is 0 Å². The molecule has 0 bridgehead atoms. The second-order valence-electron chi connectivity index (χ2n) is 5.92. The molecule has 2 heterocycles. The van der Waals surface area contributed by atoms with Gasteiger partial charge in [-0.1, -0.05) is 42.5 Å². The van der Waals surface area contributed by atoms with Crippen molar-refractivity contribution in [3.63, 3.8) is 0 Å². The molecule has 4 nitrogen and oxygen atoms in total. The summed E-state index contributed by atoms with van der Waals surface area (Å²) in [5.41, 5.74) is 3.03. The molecule has 2 aromatic carbocycles. The van der Waals surface area contributed by atoms with E-state index >= 15 is 0 Å². The summed E-state index contributed by atoms with van der Waals surface area (Å²) >= 11 is 3.21. The number of carbonyl (C=O) groups excluding carboxylic acids is 1. The molecule has 0 unspecified atom stereocenters. The van der Waals surface area contributed by atoms with Crippen molar-refractivity contribution in [2.75, 3.05) is 0 Å². The lowest BCUT2D eigenvalue weighted by molar-refractivity contribution is -0.120. The van der Waals surface area contributed by atoms with Crippen LogP contribution in [0.25, 0.3) is 10.2 Å². The number of hydrogen-bond donors (Lipinski definition) is 1. The number of benzene rings is 2. The SMILES string of the molecule is O=C(Cc1csc(Cc2ccccc2)n1)NCc1nc2ccccc2s1. The first-order valence-electron chi connectivity index (χ1n) is 8.34. The van der Waals surface area contributed by atoms with Gasteiger partial charge in [-0.05, 0) is 17.7 Å². The maximum absolute atomic E-state index is 12.2. The predicted molar refractivity (Wildman–Crippen MR) is 107 cm³/mol. The summed E-state index contributed by atoms with van der Waals surface area (Å²) in [7, 11) is 0. The number of nitrogens with zero attached hydrogens (tertiary/aromatic N) is 2. The number of aromatic nitrogens is 2. The Hall–Kier alpha value is -2.57. The van der Waals surface area contributed by atoms with Crippen LogP contribution in [-0.4, -0.2) is 15.9 Å². The van der Waals surface area contributed by atoms with Gasteiger partial charge in [0, 0.05) is 11.8 Å². The van der Waals surface area contributed by atoms with E-state index in [1.54, 1.807) is 22.7 Å². The molecule has 0 spiro atoms. The summed E-state index contributed by atoms with van der Waals surface area (Å²) in [5, 5.41) is 6.86. The molecule has 0 aliphatic carbocycles. The summed E-state index contributed by atoms with van der Waals surface area (Å²) in [6.07, 6.45) is 1.11. The highest BCUT2D eigenvalue weighted by molar-refractivity contribution is 7.18. The van der Waals surface area contributed by atoms with Crippen molar-refractivity contribution in [3.05, 3.63) is 81.2 Å². The van der Waals surface area contributed by atoms with Crippen LogP contribution in [0.2, 0.25) is 0 Å². The molecule has 1 amide bonds. The normalized spacial score (nSPS) is 10.9. The van der Waals surface area contributed by atoms with Crippen LogP contribution in [0, 0.1) is 0 Å². The third-order valence-electron chi connectivity index (χ3n) is 3.91. The number of para-hydroxylation sites is 1. The molecule has 1 N–H and O–H groups in total. The third kappa shape index (κ3) is 4.15. The molecule has 0 saturated carbocycles. The molecule has 0 atom stereocenters. The van der Waals surface area contributed by atoms with Crippen molar-refractivity contribution < 1.29 is 4.79 Å². The van der Waals surface area contributed by atoms with Crippen molar-refractivity contribution in [2.45, 2.75) is 19.4 Å². The van der Waals surface area contributed by atoms with Gasteiger partial charge in [-0.3, -0.25) is 4.79 Å². The van der Waals surface area contributed by atoms with Gasteiger partial charge in [0.2, 0.25) is 5.91 Å². The molecule has 4 aromatic rings. The Bertz CT molecular complexity index is 991. The van der Waals surface area contributed by atoms with E-state index in [1.807, 2.05) is 47.8 Å². The maximum atomic E-state index is 12.2. The second-order valence-corrected chi connectivity index (χ2v) is 7.98. The van der Waals surface area contributed by atoms with Gasteiger partial charge >= 0.3 is 0 Å². The Labute approximate surface area is 159 Å². The van der Waals surface area contributed by atoms with Gasteiger partial charge in [0.15, 0.2) is 0 Å². The lowest BCUT2D eigenvalue weighted by Gasteiger charge is -2.01. The molecule has 4 rings (SSSR count). The molecule has 26 heavy (non-hydrogen) atoms. The zero-order valence-corrected chi connectivity index (χ0v) is 15.6. The zero-order chi connectivity index (χ0) is 17.8. The van der Waals surface area contributed by atoms with Crippen molar-refractivity contribution >= 4 is 38.8 Å². The number of amides is 1. The van der Waals surface area contributed by atoms with E-state index in [2.05, 4.69) is 27.4 Å². The van der Waals surface area contributed by atoms with Crippen LogP contribution in [0.4, 0.5) is 0 Å². The quantitative estimate of drug-likeness (QED) is 0.546. The molecule has 0 radical (unpaired) electrons. The van der Waals surface area contributed by atoms with E-state index in [4.69, 9.17) is 0 Å². The van der Waals surface area contributed by atoms with Gasteiger partial charge in [0.05, 0.1) is 33.9 Å². The third-order valence-corrected chi connectivity index (χ3v) is 5.85. The smallest absolute Gasteiger partial charge is 0.226 e. The number of rotatable bonds is 6. The fraction of sp³-hybridized carbons (Fsp3) is 0.150. The number of fused-ring (bicyclic) bond motifs is 1. The van der Waals surface area contributed by atoms with Gasteiger partial charge in [0.25, 0.3) is 0 Å². The zero-order valence-electron chi connectivity index (χ0n) is 14.0. The topological polar surface area (TPSA) is 54.9 Å². The first-order valence-corrected chi connectivity index (χ1v) is 10.0. The fourth-order valence-corrected chi connectivity index (χ4v) is 4.41. The van der Waals surface area contributed by atoms with E-state index in [-0.39, 0.29) is 5.91 Å². The van der Waals surface area contributed by atoms with Crippen molar-refractivity contribution in [1.29, 1.82) is 0 Å². The molecule has 0 fully saturated rings. The van der Waals surface area contributed by atoms with Crippen LogP contribution in [0.15, 0.2) is 60.0 Å². The number of nitrogens with one attached hydrogen (secondary N) is 1. The van der Waals surface area contributed by atoms with Crippen LogP contribution in [0.5, 0.6) is 0 Å². The maximum Gasteiger partial charge on any atom is 0.226 e. The first kappa shape index (κ1) is 16.9. The van der Waals surface area contributed by atoms with Crippen LogP contribution >= 0.6 is 22.7 Å². The van der Waals surface area contributed by atoms with Crippen molar-refractivity contribution in [3.8, 4) is 0 Å². The fourth-order valence-electron chi connectivity index (χ4n) is 2.68. The highest BCUT2D eigenvalue weighted by atomic mass is 32.1. The Morgan fingerprint density at radius 3 is 2.62 bits per heavy atom. The van der Waals surface area contributed by atoms with Crippen molar-refractivity contribution in [1.82, 2.24) is 15.3 Å². The highest BCUT2D eigenvalue weighted by Gasteiger charge is 2.10. The largest absolute Gasteiger partial charge is 0.349 e. The van der Waals surface area contributed by atoms with Gasteiger partial charge in [-0.15, -0.1) is 22.7 Å². The monoisotopic (exact) mass is 379 g/mol. The minimum atomic E-state index is -0.0270. The van der Waals surface area contributed by atoms with Gasteiger partial charge < -0.3 is 5.32 Å². The lowest BCUT2D eigenvalue weighted by Crippen LogP contribution is -2.24. The number of thiazole rings is 2. The average Bonchev–Trinajstić information content (AvgIpc) is 3.27. The van der Waals surface area contributed by atoms with E-state index in [0.29, 0.717) is 13.0 Å². The van der Waals surface area contributed by atoms with E-state index in [1.165, 1.54) is 5.56 Å². The minimum absolute atomic E-state index is 0.0270. The summed E-state index contributed by atoms with van der Waals surface area (Å²) in [6.45, 7) is 0.458. The van der Waals surface area contributed by atoms with E-state index in [0.717, 1.165) is 32.3 Å². The van der Waals surface area contributed by atoms with Crippen LogP contribution < -0.4 is 5.32 Å². The summed E-state index contributed by atoms with van der Waals surface area (Å²) in [4.78, 5) is 21.3. The molecule has 130 valence electrons. The van der Waals surface area contributed by atoms with Crippen LogP contribution in [0.3, 0.4) is 0 Å². The summed E-state index contributed by atoms with van der Waals surface area (Å²) in [6, 6.07) is 18.2. The predicted octanol–water partition coefficient (Wildman–Crippen LogP) is 4.20. The second kappa shape index (κ2) is 7.76. The van der Waals surface area contributed by atoms with Gasteiger partial charge in [0.1, 0.15) is 5.01 Å². The number of hydrogen-bond acceptors (Lipinski definition) is 5. The first-order chi connectivity index (χ1) is 12.8. The molecular weight excluding hydrogens is 362 g/mol. The molecule has 0 saturated heterocycles. The number of carbonyl (C=O) groups is 1. The van der Waals surface area contributed by atoms with Crippen molar-refractivity contribution in [2.24, 2.45) is 0 Å². The Kier molecular flexibility index (Phi) is 5.04. The van der Waals surface area contributed by atoms with Gasteiger partial charge in [-0.2, -0.15) is 0 Å². The van der Waals surface area contributed by atoms with E-state index in [9.17, 15) is 4.79 Å². The average molecular weight is 380 g/mol. The molecular formula is C20H17N3OS2. The Balaban J connectivity index is 1.32. The Morgan fingerprint density at radius 2 is 1.77 bits per heavy atom. The lowest BCUT2D eigenvalue weighted by atomic mass is 10.2. The van der Waals surface area contributed by atoms with Gasteiger partial charge in [-0.25, -0.2) is 9.97 Å². The van der Waals surface area contributed by atoms with Crippen LogP contribution in [0.1, 0.15) is 21.3 Å².